The van der Waals surface area contributed by atoms with Crippen LogP contribution in [0, 0.1) is 11.3 Å². The second-order valence-corrected chi connectivity index (χ2v) is 11.4. The van der Waals surface area contributed by atoms with E-state index in [1.54, 1.807) is 41.2 Å². The summed E-state index contributed by atoms with van der Waals surface area (Å²) in [6.45, 7) is 0.978. The van der Waals surface area contributed by atoms with Gasteiger partial charge in [0.25, 0.3) is 5.56 Å². The highest BCUT2D eigenvalue weighted by atomic mass is 32.2. The van der Waals surface area contributed by atoms with Crippen LogP contribution in [-0.4, -0.2) is 41.6 Å². The summed E-state index contributed by atoms with van der Waals surface area (Å²) in [4.78, 5) is 15.8. The Kier molecular flexibility index (Phi) is 5.91. The van der Waals surface area contributed by atoms with Crippen LogP contribution >= 0.6 is 0 Å². The van der Waals surface area contributed by atoms with Crippen molar-refractivity contribution in [3.05, 3.63) is 46.9 Å². The van der Waals surface area contributed by atoms with E-state index in [9.17, 15) is 18.5 Å². The number of sulfone groups is 1. The van der Waals surface area contributed by atoms with Crippen LogP contribution < -0.4 is 10.9 Å². The largest absolute Gasteiger partial charge is 0.379 e. The number of anilines is 2. The van der Waals surface area contributed by atoms with Crippen molar-refractivity contribution in [2.45, 2.75) is 60.6 Å². The molecule has 1 aliphatic heterocycles. The van der Waals surface area contributed by atoms with Gasteiger partial charge in [0.05, 0.1) is 40.3 Å². The van der Waals surface area contributed by atoms with Gasteiger partial charge in [0, 0.05) is 18.5 Å². The standard InChI is InChI=1S/C24H27N5O4S/c25-13-12-24(11-3-15-33-16-24)29-20-10-14-26-23(30)21(20)22(28-29)27-17-6-8-19(9-7-17)34(31,32)18-4-1-2-5-18/h6-10,14,18H,1-5,11-12,15-16H2,(H,26,30)(H,27,28). The fraction of sp³-hybridized carbons (Fsp3) is 0.458. The van der Waals surface area contributed by atoms with Crippen LogP contribution in [-0.2, 0) is 20.1 Å². The summed E-state index contributed by atoms with van der Waals surface area (Å²) < 4.78 is 33.2. The summed E-state index contributed by atoms with van der Waals surface area (Å²) in [6, 6.07) is 10.6. The molecule has 2 fully saturated rings. The number of ether oxygens (including phenoxy) is 1. The van der Waals surface area contributed by atoms with Crippen LogP contribution in [0.15, 0.2) is 46.2 Å². The molecule has 34 heavy (non-hydrogen) atoms. The Hall–Kier alpha value is -3.16. The topological polar surface area (TPSA) is 130 Å². The predicted octanol–water partition coefficient (Wildman–Crippen LogP) is 3.60. The fourth-order valence-electron chi connectivity index (χ4n) is 5.15. The molecule has 178 valence electrons. The lowest BCUT2D eigenvalue weighted by Crippen LogP contribution is -2.42. The van der Waals surface area contributed by atoms with Crippen molar-refractivity contribution >= 4 is 32.2 Å². The number of nitrogens with one attached hydrogen (secondary N) is 2. The quantitative estimate of drug-likeness (QED) is 0.550. The van der Waals surface area contributed by atoms with Gasteiger partial charge in [0.2, 0.25) is 0 Å². The number of hydrogen-bond acceptors (Lipinski definition) is 7. The normalized spacial score (nSPS) is 21.5. The number of rotatable bonds is 6. The maximum absolute atomic E-state index is 12.9. The van der Waals surface area contributed by atoms with E-state index in [0.717, 1.165) is 25.7 Å². The number of H-pyrrole nitrogens is 1. The summed E-state index contributed by atoms with van der Waals surface area (Å²) in [5, 5.41) is 17.5. The molecule has 10 heteroatoms. The summed E-state index contributed by atoms with van der Waals surface area (Å²) in [5.74, 6) is 0.353. The third-order valence-electron chi connectivity index (χ3n) is 6.95. The molecule has 0 radical (unpaired) electrons. The molecule has 0 bridgehead atoms. The molecule has 2 aromatic heterocycles. The van der Waals surface area contributed by atoms with Gasteiger partial charge in [-0.25, -0.2) is 8.42 Å². The first-order valence-corrected chi connectivity index (χ1v) is 13.2. The zero-order valence-electron chi connectivity index (χ0n) is 18.8. The Labute approximate surface area is 197 Å². The number of nitrogens with zero attached hydrogens (tertiary/aromatic N) is 3. The molecule has 2 N–H and O–H groups in total. The summed E-state index contributed by atoms with van der Waals surface area (Å²) in [7, 11) is -3.34. The Morgan fingerprint density at radius 3 is 2.65 bits per heavy atom. The van der Waals surface area contributed by atoms with Crippen molar-refractivity contribution in [1.29, 1.82) is 5.26 Å². The van der Waals surface area contributed by atoms with Crippen LogP contribution in [0.5, 0.6) is 0 Å². The van der Waals surface area contributed by atoms with Crippen molar-refractivity contribution in [1.82, 2.24) is 14.8 Å². The molecule has 1 aromatic carbocycles. The molecule has 0 amide bonds. The molecule has 0 spiro atoms. The molecule has 3 heterocycles. The van der Waals surface area contributed by atoms with Crippen LogP contribution in [0.3, 0.4) is 0 Å². The van der Waals surface area contributed by atoms with Gasteiger partial charge in [-0.05, 0) is 56.0 Å². The van der Waals surface area contributed by atoms with E-state index in [1.165, 1.54) is 0 Å². The Morgan fingerprint density at radius 2 is 1.97 bits per heavy atom. The molecule has 9 nitrogen and oxygen atoms in total. The van der Waals surface area contributed by atoms with Crippen LogP contribution in [0.2, 0.25) is 0 Å². The predicted molar refractivity (Wildman–Crippen MR) is 128 cm³/mol. The summed E-state index contributed by atoms with van der Waals surface area (Å²) in [6.07, 6.45) is 6.62. The van der Waals surface area contributed by atoms with E-state index in [-0.39, 0.29) is 17.2 Å². The molecule has 1 unspecified atom stereocenters. The molecule has 3 aromatic rings. The molecule has 2 aliphatic rings. The number of hydrogen-bond donors (Lipinski definition) is 2. The maximum atomic E-state index is 12.9. The van der Waals surface area contributed by atoms with Gasteiger partial charge in [-0.1, -0.05) is 12.8 Å². The Morgan fingerprint density at radius 1 is 1.21 bits per heavy atom. The van der Waals surface area contributed by atoms with Crippen molar-refractivity contribution in [3.63, 3.8) is 0 Å². The highest BCUT2D eigenvalue weighted by Crippen LogP contribution is 2.36. The zero-order valence-corrected chi connectivity index (χ0v) is 19.6. The van der Waals surface area contributed by atoms with Gasteiger partial charge >= 0.3 is 0 Å². The minimum absolute atomic E-state index is 0.212. The van der Waals surface area contributed by atoms with Crippen molar-refractivity contribution in [2.75, 3.05) is 18.5 Å². The summed E-state index contributed by atoms with van der Waals surface area (Å²) >= 11 is 0. The van der Waals surface area contributed by atoms with Crippen molar-refractivity contribution in [2.24, 2.45) is 0 Å². The molecule has 5 rings (SSSR count). The van der Waals surface area contributed by atoms with Crippen LogP contribution in [0.25, 0.3) is 10.9 Å². The first-order valence-electron chi connectivity index (χ1n) is 11.6. The highest BCUT2D eigenvalue weighted by Gasteiger charge is 2.38. The highest BCUT2D eigenvalue weighted by molar-refractivity contribution is 7.92. The minimum Gasteiger partial charge on any atom is -0.379 e. The molecule has 1 saturated heterocycles. The summed E-state index contributed by atoms with van der Waals surface area (Å²) in [5.41, 5.74) is 0.287. The Balaban J connectivity index is 1.51. The Bertz CT molecular complexity index is 1390. The number of fused-ring (bicyclic) bond motifs is 1. The average Bonchev–Trinajstić information content (AvgIpc) is 3.51. The monoisotopic (exact) mass is 481 g/mol. The lowest BCUT2D eigenvalue weighted by atomic mass is 9.89. The maximum Gasteiger partial charge on any atom is 0.261 e. The second-order valence-electron chi connectivity index (χ2n) is 9.14. The van der Waals surface area contributed by atoms with E-state index in [2.05, 4.69) is 16.4 Å². The number of pyridine rings is 1. The first kappa shape index (κ1) is 22.6. The van der Waals surface area contributed by atoms with Gasteiger partial charge in [-0.15, -0.1) is 0 Å². The van der Waals surface area contributed by atoms with E-state index in [0.29, 0.717) is 53.4 Å². The average molecular weight is 482 g/mol. The fourth-order valence-corrected chi connectivity index (χ4v) is 7.00. The number of aromatic amines is 1. The van der Waals surface area contributed by atoms with Gasteiger partial charge in [0.15, 0.2) is 15.7 Å². The van der Waals surface area contributed by atoms with Crippen LogP contribution in [0.1, 0.15) is 44.9 Å². The minimum atomic E-state index is -3.34. The molecular formula is C24H27N5O4S. The number of aromatic nitrogens is 3. The zero-order chi connectivity index (χ0) is 23.8. The third-order valence-corrected chi connectivity index (χ3v) is 9.23. The van der Waals surface area contributed by atoms with Gasteiger partial charge in [-0.2, -0.15) is 10.4 Å². The van der Waals surface area contributed by atoms with Crippen molar-refractivity contribution < 1.29 is 13.2 Å². The van der Waals surface area contributed by atoms with E-state index < -0.39 is 15.4 Å². The van der Waals surface area contributed by atoms with Crippen LogP contribution in [0.4, 0.5) is 11.5 Å². The van der Waals surface area contributed by atoms with E-state index in [1.807, 2.05) is 0 Å². The lowest BCUT2D eigenvalue weighted by molar-refractivity contribution is -0.00174. The SMILES string of the molecule is N#CCC1(n2nc(Nc3ccc(S(=O)(=O)C4CCCC4)cc3)c3c(=O)[nH]ccc32)CCCOC1. The van der Waals surface area contributed by atoms with Gasteiger partial charge in [0.1, 0.15) is 5.39 Å². The first-order chi connectivity index (χ1) is 16.4. The van der Waals surface area contributed by atoms with Crippen molar-refractivity contribution in [3.8, 4) is 6.07 Å². The van der Waals surface area contributed by atoms with Gasteiger partial charge in [-0.3, -0.25) is 9.48 Å². The van der Waals surface area contributed by atoms with Gasteiger partial charge < -0.3 is 15.0 Å². The second kappa shape index (κ2) is 8.89. The molecule has 1 saturated carbocycles. The lowest BCUT2D eigenvalue weighted by Gasteiger charge is -2.35. The number of nitriles is 1. The molecule has 1 aliphatic carbocycles. The molecular weight excluding hydrogens is 454 g/mol. The molecule has 1 atom stereocenters. The smallest absolute Gasteiger partial charge is 0.261 e. The van der Waals surface area contributed by atoms with E-state index in [4.69, 9.17) is 9.84 Å². The number of benzene rings is 1. The van der Waals surface area contributed by atoms with E-state index >= 15 is 0 Å². The third kappa shape index (κ3) is 3.89.